The maximum absolute atomic E-state index is 13.5. The Balaban J connectivity index is 1.13. The van der Waals surface area contributed by atoms with Crippen LogP contribution in [0.4, 0.5) is 4.79 Å². The average molecular weight is 620 g/mol. The van der Waals surface area contributed by atoms with E-state index in [1.54, 1.807) is 0 Å². The predicted molar refractivity (Wildman–Crippen MR) is 176 cm³/mol. The molecule has 0 aromatic heterocycles. The maximum Gasteiger partial charge on any atom is 0.410 e. The first kappa shape index (κ1) is 33.2. The van der Waals surface area contributed by atoms with Crippen LogP contribution < -0.4 is 0 Å². The number of benzene rings is 1. The fourth-order valence-corrected chi connectivity index (χ4v) is 7.45. The number of rotatable bonds is 10. The van der Waals surface area contributed by atoms with Gasteiger partial charge in [0.2, 0.25) is 5.91 Å². The van der Waals surface area contributed by atoms with Gasteiger partial charge in [-0.1, -0.05) is 37.6 Å². The average Bonchev–Trinajstić information content (AvgIpc) is 3.77. The second kappa shape index (κ2) is 13.3. The van der Waals surface area contributed by atoms with Gasteiger partial charge in [0.1, 0.15) is 5.60 Å². The van der Waals surface area contributed by atoms with Crippen LogP contribution in [0.1, 0.15) is 89.6 Å². The number of nitrogens with zero attached hydrogens (tertiary/aromatic N) is 3. The van der Waals surface area contributed by atoms with Gasteiger partial charge in [-0.15, -0.1) is 0 Å². The number of esters is 1. The van der Waals surface area contributed by atoms with E-state index in [-0.39, 0.29) is 29.9 Å². The predicted octanol–water partition coefficient (Wildman–Crippen LogP) is 6.46. The van der Waals surface area contributed by atoms with E-state index in [1.165, 1.54) is 11.1 Å². The lowest BCUT2D eigenvalue weighted by molar-refractivity contribution is -0.133. The van der Waals surface area contributed by atoms with E-state index < -0.39 is 11.0 Å². The highest BCUT2D eigenvalue weighted by atomic mass is 16.6. The number of aryl methyl sites for hydroxylation is 1. The number of fused-ring (bicyclic) bond motifs is 1. The zero-order valence-corrected chi connectivity index (χ0v) is 28.4. The van der Waals surface area contributed by atoms with Gasteiger partial charge in [-0.2, -0.15) is 0 Å². The van der Waals surface area contributed by atoms with Gasteiger partial charge in [-0.3, -0.25) is 4.79 Å². The highest BCUT2D eigenvalue weighted by molar-refractivity contribution is 5.89. The third kappa shape index (κ3) is 7.65. The Morgan fingerprint density at radius 3 is 2.40 bits per heavy atom. The van der Waals surface area contributed by atoms with Crippen molar-refractivity contribution < 1.29 is 23.9 Å². The second-order valence-electron chi connectivity index (χ2n) is 15.0. The number of hydrogen-bond acceptors (Lipinski definition) is 6. The van der Waals surface area contributed by atoms with Crippen LogP contribution in [0, 0.1) is 23.2 Å². The zero-order chi connectivity index (χ0) is 32.5. The molecule has 4 aliphatic rings. The highest BCUT2D eigenvalue weighted by Gasteiger charge is 2.53. The van der Waals surface area contributed by atoms with Crippen LogP contribution in [0.15, 0.2) is 47.7 Å². The van der Waals surface area contributed by atoms with Gasteiger partial charge in [0.25, 0.3) is 0 Å². The van der Waals surface area contributed by atoms with Crippen LogP contribution in [0.25, 0.3) is 0 Å². The molecule has 5 rings (SSSR count). The fourth-order valence-electron chi connectivity index (χ4n) is 7.45. The molecule has 45 heavy (non-hydrogen) atoms. The van der Waals surface area contributed by atoms with Crippen molar-refractivity contribution in [2.75, 3.05) is 39.8 Å². The minimum Gasteiger partial charge on any atom is -0.462 e. The van der Waals surface area contributed by atoms with Crippen molar-refractivity contribution in [3.63, 3.8) is 0 Å². The van der Waals surface area contributed by atoms with Crippen molar-refractivity contribution in [3.05, 3.63) is 58.8 Å². The molecule has 2 heterocycles. The van der Waals surface area contributed by atoms with Gasteiger partial charge >= 0.3 is 12.1 Å². The Labute approximate surface area is 269 Å². The normalized spacial score (nSPS) is 24.9. The van der Waals surface area contributed by atoms with E-state index in [1.807, 2.05) is 68.8 Å². The number of likely N-dealkylation sites (tertiary alicyclic amines) is 2. The molecule has 2 saturated heterocycles. The van der Waals surface area contributed by atoms with E-state index in [9.17, 15) is 14.4 Å². The molecule has 2 amide bonds. The number of carbonyl (C=O) groups is 3. The van der Waals surface area contributed by atoms with Crippen molar-refractivity contribution in [1.29, 1.82) is 0 Å². The fraction of sp³-hybridized carbons (Fsp3) is 0.649. The summed E-state index contributed by atoms with van der Waals surface area (Å²) >= 11 is 0. The number of ether oxygens (including phenoxy) is 2. The molecular weight excluding hydrogens is 566 g/mol. The molecule has 2 aliphatic heterocycles. The standard InChI is InChI=1S/C37H53N3O5/c1-8-44-33(41)27-13-11-25(12-14-27)10-9-19-39-20-17-26(18-21-39)24-40(35(43)45-36(2,3)4)32-23-29(32)28-15-16-31-30(22-28)37(5,6)34(42)38(31)7/h11-16,26,29-30,32H,8-10,17-24H2,1-7H3. The van der Waals surface area contributed by atoms with Crippen LogP contribution in [0.2, 0.25) is 0 Å². The Kier molecular flexibility index (Phi) is 9.83. The van der Waals surface area contributed by atoms with Gasteiger partial charge in [-0.25, -0.2) is 9.59 Å². The second-order valence-corrected chi connectivity index (χ2v) is 15.0. The van der Waals surface area contributed by atoms with E-state index in [2.05, 4.69) is 30.9 Å². The molecule has 0 spiro atoms. The summed E-state index contributed by atoms with van der Waals surface area (Å²) in [4.78, 5) is 44.7. The van der Waals surface area contributed by atoms with Gasteiger partial charge in [0.05, 0.1) is 17.6 Å². The van der Waals surface area contributed by atoms with Crippen LogP contribution in [0.5, 0.6) is 0 Å². The van der Waals surface area contributed by atoms with Crippen molar-refractivity contribution in [3.8, 4) is 0 Å². The van der Waals surface area contributed by atoms with Crippen molar-refractivity contribution >= 4 is 18.0 Å². The van der Waals surface area contributed by atoms with Gasteiger partial charge in [0.15, 0.2) is 0 Å². The number of piperidine rings is 1. The summed E-state index contributed by atoms with van der Waals surface area (Å²) in [7, 11) is 1.89. The van der Waals surface area contributed by atoms with Crippen LogP contribution >= 0.6 is 0 Å². The summed E-state index contributed by atoms with van der Waals surface area (Å²) in [6, 6.07) is 7.92. The lowest BCUT2D eigenvalue weighted by Gasteiger charge is -2.36. The first-order chi connectivity index (χ1) is 21.3. The summed E-state index contributed by atoms with van der Waals surface area (Å²) in [6.45, 7) is 16.0. The van der Waals surface area contributed by atoms with E-state index in [0.29, 0.717) is 24.0 Å². The zero-order valence-electron chi connectivity index (χ0n) is 28.4. The molecular formula is C37H53N3O5. The molecule has 0 bridgehead atoms. The molecule has 1 aromatic carbocycles. The number of amides is 2. The van der Waals surface area contributed by atoms with Crippen LogP contribution in [-0.4, -0.2) is 84.1 Å². The third-order valence-corrected chi connectivity index (χ3v) is 10.2. The summed E-state index contributed by atoms with van der Waals surface area (Å²) in [5.41, 5.74) is 3.38. The quantitative estimate of drug-likeness (QED) is 0.280. The molecule has 0 radical (unpaired) electrons. The summed E-state index contributed by atoms with van der Waals surface area (Å²) in [5.74, 6) is 0.901. The molecule has 8 nitrogen and oxygen atoms in total. The number of carbonyl (C=O) groups excluding carboxylic acids is 3. The summed E-state index contributed by atoms with van der Waals surface area (Å²) < 4.78 is 11.0. The van der Waals surface area contributed by atoms with Gasteiger partial charge < -0.3 is 24.2 Å². The lowest BCUT2D eigenvalue weighted by Crippen LogP contribution is -2.44. The Bertz CT molecular complexity index is 1320. The van der Waals surface area contributed by atoms with E-state index in [0.717, 1.165) is 70.4 Å². The highest BCUT2D eigenvalue weighted by Crippen LogP contribution is 2.53. The first-order valence-corrected chi connectivity index (χ1v) is 16.9. The molecule has 8 heteroatoms. The SMILES string of the molecule is CCOC(=O)c1ccc(CCCN2CCC(CN(C(=O)OC(C)(C)C)C3CC3C3=CC=C4C(C3)C(C)(C)C(=O)N4C)CC2)cc1. The molecule has 3 fully saturated rings. The molecule has 1 aromatic rings. The third-order valence-electron chi connectivity index (χ3n) is 10.2. The molecule has 3 unspecified atom stereocenters. The van der Waals surface area contributed by atoms with Crippen LogP contribution in [0.3, 0.4) is 0 Å². The van der Waals surface area contributed by atoms with Crippen molar-refractivity contribution in [1.82, 2.24) is 14.7 Å². The minimum absolute atomic E-state index is 0.159. The molecule has 2 aliphatic carbocycles. The minimum atomic E-state index is -0.539. The number of allylic oxidation sites excluding steroid dienone is 3. The topological polar surface area (TPSA) is 79.4 Å². The first-order valence-electron chi connectivity index (χ1n) is 16.9. The molecule has 0 N–H and O–H groups in total. The number of hydrogen-bond donors (Lipinski definition) is 0. The van der Waals surface area contributed by atoms with Gasteiger partial charge in [0, 0.05) is 37.2 Å². The molecule has 1 saturated carbocycles. The van der Waals surface area contributed by atoms with Crippen molar-refractivity contribution in [2.45, 2.75) is 91.7 Å². The maximum atomic E-state index is 13.5. The molecule has 3 atom stereocenters. The molecule has 246 valence electrons. The largest absolute Gasteiger partial charge is 0.462 e. The lowest BCUT2D eigenvalue weighted by atomic mass is 9.74. The van der Waals surface area contributed by atoms with Gasteiger partial charge in [-0.05, 0) is 116 Å². The summed E-state index contributed by atoms with van der Waals surface area (Å²) in [6.07, 6.45) is 10.2. The van der Waals surface area contributed by atoms with Crippen LogP contribution in [-0.2, 0) is 20.7 Å². The summed E-state index contributed by atoms with van der Waals surface area (Å²) in [5, 5.41) is 0. The monoisotopic (exact) mass is 619 g/mol. The Hall–Kier alpha value is -3.13. The van der Waals surface area contributed by atoms with E-state index >= 15 is 0 Å². The Morgan fingerprint density at radius 2 is 1.76 bits per heavy atom. The van der Waals surface area contributed by atoms with E-state index in [4.69, 9.17) is 9.47 Å². The Morgan fingerprint density at radius 1 is 1.07 bits per heavy atom. The van der Waals surface area contributed by atoms with Crippen molar-refractivity contribution in [2.24, 2.45) is 23.2 Å². The smallest absolute Gasteiger partial charge is 0.410 e.